The summed E-state index contributed by atoms with van der Waals surface area (Å²) in [5.74, 6) is 1.07. The van der Waals surface area contributed by atoms with Gasteiger partial charge in [-0.15, -0.1) is 11.8 Å². The van der Waals surface area contributed by atoms with E-state index in [0.29, 0.717) is 27.7 Å². The van der Waals surface area contributed by atoms with E-state index in [2.05, 4.69) is 34.6 Å². The smallest absolute Gasteiger partial charge is 0.350 e. The van der Waals surface area contributed by atoms with Crippen molar-refractivity contribution in [2.75, 3.05) is 0 Å². The van der Waals surface area contributed by atoms with Crippen LogP contribution in [0, 0.1) is 5.92 Å². The van der Waals surface area contributed by atoms with E-state index in [0.717, 1.165) is 17.5 Å². The molecule has 1 aliphatic heterocycles. The third kappa shape index (κ3) is 3.66. The van der Waals surface area contributed by atoms with Crippen LogP contribution in [0.5, 0.6) is 5.75 Å². The van der Waals surface area contributed by atoms with Gasteiger partial charge in [0.15, 0.2) is 0 Å². The van der Waals surface area contributed by atoms with E-state index in [-0.39, 0.29) is 16.1 Å². The van der Waals surface area contributed by atoms with Gasteiger partial charge in [-0.05, 0) is 41.5 Å². The molecule has 0 bridgehead atoms. The molecule has 0 saturated heterocycles. The molecule has 1 aromatic heterocycles. The molecular weight excluding hydrogens is 344 g/mol. The third-order valence-electron chi connectivity index (χ3n) is 5.69. The summed E-state index contributed by atoms with van der Waals surface area (Å²) in [7, 11) is 0. The highest BCUT2D eigenvalue weighted by atomic mass is 32.2. The normalized spacial score (nSPS) is 18.0. The van der Waals surface area contributed by atoms with Gasteiger partial charge in [-0.3, -0.25) is 0 Å². The lowest BCUT2D eigenvalue weighted by molar-refractivity contribution is 0.427. The molecule has 0 saturated carbocycles. The first-order valence-electron chi connectivity index (χ1n) is 9.75. The van der Waals surface area contributed by atoms with Crippen LogP contribution in [-0.4, -0.2) is 9.85 Å². The molecule has 2 aromatic rings. The van der Waals surface area contributed by atoms with Gasteiger partial charge in [-0.25, -0.2) is 4.79 Å². The van der Waals surface area contributed by atoms with Crippen LogP contribution < -0.4 is 5.63 Å². The topological polar surface area (TPSA) is 50.4 Å². The van der Waals surface area contributed by atoms with Gasteiger partial charge >= 0.3 is 5.63 Å². The Morgan fingerprint density at radius 1 is 1.27 bits per heavy atom. The van der Waals surface area contributed by atoms with Crippen molar-refractivity contribution >= 4 is 22.7 Å². The van der Waals surface area contributed by atoms with Crippen molar-refractivity contribution in [3.63, 3.8) is 0 Å². The van der Waals surface area contributed by atoms with Crippen LogP contribution in [0.25, 0.3) is 11.0 Å². The average Bonchev–Trinajstić information content (AvgIpc) is 2.89. The predicted octanol–water partition coefficient (Wildman–Crippen LogP) is 6.25. The van der Waals surface area contributed by atoms with Gasteiger partial charge in [0.25, 0.3) is 0 Å². The Labute approximate surface area is 160 Å². The van der Waals surface area contributed by atoms with Crippen molar-refractivity contribution in [3.05, 3.63) is 33.7 Å². The first-order chi connectivity index (χ1) is 12.2. The molecule has 0 amide bonds. The lowest BCUT2D eigenvalue weighted by Crippen LogP contribution is -2.11. The molecule has 1 aromatic carbocycles. The van der Waals surface area contributed by atoms with Crippen molar-refractivity contribution in [1.29, 1.82) is 0 Å². The lowest BCUT2D eigenvalue weighted by atomic mass is 9.84. The number of fused-ring (bicyclic) bond motifs is 3. The molecule has 0 aliphatic carbocycles. The summed E-state index contributed by atoms with van der Waals surface area (Å²) in [6.07, 6.45) is 5.66. The SMILES string of the molecule is CCCCCC(C)C(C)c1cc(O)c2c3c(c(=O)oc2c1)SC(C)(C)C3. The molecule has 2 unspecified atom stereocenters. The fourth-order valence-corrected chi connectivity index (χ4v) is 5.15. The molecule has 1 N–H and O–H groups in total. The molecule has 0 fully saturated rings. The van der Waals surface area contributed by atoms with E-state index in [1.165, 1.54) is 25.7 Å². The van der Waals surface area contributed by atoms with Gasteiger partial charge in [-0.1, -0.05) is 60.3 Å². The van der Waals surface area contributed by atoms with Crippen LogP contribution in [0.15, 0.2) is 26.2 Å². The quantitative estimate of drug-likeness (QED) is 0.480. The highest BCUT2D eigenvalue weighted by Gasteiger charge is 2.35. The molecule has 0 radical (unpaired) electrons. The zero-order chi connectivity index (χ0) is 19.1. The van der Waals surface area contributed by atoms with E-state index < -0.39 is 0 Å². The summed E-state index contributed by atoms with van der Waals surface area (Å²) < 4.78 is 5.57. The summed E-state index contributed by atoms with van der Waals surface area (Å²) >= 11 is 1.55. The van der Waals surface area contributed by atoms with Crippen LogP contribution in [0.3, 0.4) is 0 Å². The maximum Gasteiger partial charge on any atom is 0.350 e. The summed E-state index contributed by atoms with van der Waals surface area (Å²) in [5.41, 5.74) is 2.24. The van der Waals surface area contributed by atoms with E-state index >= 15 is 0 Å². The van der Waals surface area contributed by atoms with Crippen molar-refractivity contribution in [2.24, 2.45) is 5.92 Å². The van der Waals surface area contributed by atoms with Crippen molar-refractivity contribution in [1.82, 2.24) is 0 Å². The fraction of sp³-hybridized carbons (Fsp3) is 0.591. The number of phenols is 1. The number of rotatable bonds is 6. The molecule has 142 valence electrons. The standard InChI is InChI=1S/C22H30O3S/c1-6-7-8-9-13(2)14(3)15-10-17(23)19-16-12-22(4,5)26-20(16)21(24)25-18(19)11-15/h10-11,13-14,23H,6-9,12H2,1-5H3. The molecular formula is C22H30O3S. The van der Waals surface area contributed by atoms with E-state index in [9.17, 15) is 9.90 Å². The Hall–Kier alpha value is -1.42. The van der Waals surface area contributed by atoms with Crippen molar-refractivity contribution < 1.29 is 9.52 Å². The van der Waals surface area contributed by atoms with Crippen LogP contribution in [-0.2, 0) is 6.42 Å². The summed E-state index contributed by atoms with van der Waals surface area (Å²) in [6.45, 7) is 10.9. The third-order valence-corrected chi connectivity index (χ3v) is 7.00. The largest absolute Gasteiger partial charge is 0.507 e. The van der Waals surface area contributed by atoms with E-state index in [4.69, 9.17) is 4.42 Å². The van der Waals surface area contributed by atoms with Gasteiger partial charge in [0.1, 0.15) is 11.3 Å². The Morgan fingerprint density at radius 2 is 2.00 bits per heavy atom. The van der Waals surface area contributed by atoms with Crippen LogP contribution >= 0.6 is 11.8 Å². The monoisotopic (exact) mass is 374 g/mol. The zero-order valence-corrected chi connectivity index (χ0v) is 17.3. The van der Waals surface area contributed by atoms with Gasteiger partial charge in [-0.2, -0.15) is 0 Å². The first-order valence-corrected chi connectivity index (χ1v) is 10.6. The first kappa shape index (κ1) is 19.3. The number of hydrogen-bond donors (Lipinski definition) is 1. The number of phenolic OH excluding ortho intramolecular Hbond substituents is 1. The maximum absolute atomic E-state index is 12.4. The fourth-order valence-electron chi connectivity index (χ4n) is 3.96. The van der Waals surface area contributed by atoms with Crippen molar-refractivity contribution in [2.45, 2.75) is 82.3 Å². The average molecular weight is 375 g/mol. The minimum atomic E-state index is -0.275. The second kappa shape index (κ2) is 7.30. The molecule has 0 spiro atoms. The van der Waals surface area contributed by atoms with E-state index in [1.807, 2.05) is 12.1 Å². The summed E-state index contributed by atoms with van der Waals surface area (Å²) in [4.78, 5) is 13.1. The number of hydrogen-bond acceptors (Lipinski definition) is 4. The van der Waals surface area contributed by atoms with Gasteiger partial charge < -0.3 is 9.52 Å². The predicted molar refractivity (Wildman–Crippen MR) is 110 cm³/mol. The van der Waals surface area contributed by atoms with Crippen LogP contribution in [0.1, 0.15) is 77.3 Å². The molecule has 1 aliphatic rings. The molecule has 3 rings (SSSR count). The number of thioether (sulfide) groups is 1. The summed E-state index contributed by atoms with van der Waals surface area (Å²) in [6, 6.07) is 3.84. The maximum atomic E-state index is 12.4. The minimum Gasteiger partial charge on any atom is -0.507 e. The Morgan fingerprint density at radius 3 is 2.69 bits per heavy atom. The number of unbranched alkanes of at least 4 members (excludes halogenated alkanes) is 2. The minimum absolute atomic E-state index is 0.0442. The second-order valence-corrected chi connectivity index (χ2v) is 10.1. The molecule has 2 atom stereocenters. The number of aromatic hydroxyl groups is 1. The molecule has 2 heterocycles. The van der Waals surface area contributed by atoms with Gasteiger partial charge in [0.05, 0.1) is 10.3 Å². The van der Waals surface area contributed by atoms with Gasteiger partial charge in [0, 0.05) is 4.75 Å². The Kier molecular flexibility index (Phi) is 5.43. The second-order valence-electron chi connectivity index (χ2n) is 8.41. The Bertz CT molecular complexity index is 866. The molecule has 3 nitrogen and oxygen atoms in total. The summed E-state index contributed by atoms with van der Waals surface area (Å²) in [5, 5.41) is 11.5. The van der Waals surface area contributed by atoms with Crippen LogP contribution in [0.4, 0.5) is 0 Å². The van der Waals surface area contributed by atoms with Gasteiger partial charge in [0.2, 0.25) is 0 Å². The molecule has 26 heavy (non-hydrogen) atoms. The Balaban J connectivity index is 1.99. The van der Waals surface area contributed by atoms with Crippen molar-refractivity contribution in [3.8, 4) is 5.75 Å². The van der Waals surface area contributed by atoms with Crippen LogP contribution in [0.2, 0.25) is 0 Å². The highest BCUT2D eigenvalue weighted by molar-refractivity contribution is 8.01. The zero-order valence-electron chi connectivity index (χ0n) is 16.5. The highest BCUT2D eigenvalue weighted by Crippen LogP contribution is 2.47. The number of benzene rings is 1. The van der Waals surface area contributed by atoms with E-state index in [1.54, 1.807) is 11.8 Å². The molecule has 4 heteroatoms. The lowest BCUT2D eigenvalue weighted by Gasteiger charge is -2.21.